The molecule has 0 saturated carbocycles. The predicted molar refractivity (Wildman–Crippen MR) is 145 cm³/mol. The molecule has 228 valence electrons. The van der Waals surface area contributed by atoms with E-state index in [1.807, 2.05) is 0 Å². The van der Waals surface area contributed by atoms with Crippen LogP contribution in [0, 0.1) is 0 Å². The van der Waals surface area contributed by atoms with Gasteiger partial charge < -0.3 is 45.1 Å². The van der Waals surface area contributed by atoms with Crippen LogP contribution in [0.25, 0.3) is 22.3 Å². The molecule has 4 aromatic rings. The van der Waals surface area contributed by atoms with E-state index in [1.54, 1.807) is 0 Å². The third-order valence-corrected chi connectivity index (χ3v) is 7.90. The summed E-state index contributed by atoms with van der Waals surface area (Å²) in [6, 6.07) is 0. The van der Waals surface area contributed by atoms with Crippen LogP contribution >= 0.6 is 6.72 Å². The largest absolute Gasteiger partial charge is 0.394 e. The molecule has 1 aliphatic heterocycles. The summed E-state index contributed by atoms with van der Waals surface area (Å²) in [5, 5.41) is 27.7. The second-order valence-corrected chi connectivity index (χ2v) is 12.0. The number of alkyl halides is 1. The molecule has 5 heterocycles. The summed E-state index contributed by atoms with van der Waals surface area (Å²) in [7, 11) is 0. The number of aliphatic hydroxyl groups is 2. The summed E-state index contributed by atoms with van der Waals surface area (Å²) in [6.07, 6.45) is -4.10. The van der Waals surface area contributed by atoms with Gasteiger partial charge in [0, 0.05) is 6.42 Å². The molecule has 1 unspecified atom stereocenters. The van der Waals surface area contributed by atoms with Gasteiger partial charge in [0.05, 0.1) is 31.7 Å². The number of nitrogens with two attached hydrogens (primary N) is 2. The molecule has 7 atom stereocenters. The maximum atomic E-state index is 14.1. The smallest absolute Gasteiger partial charge is 0.325 e. The number of nitrogens with zero attached hydrogens (tertiary/aromatic N) is 8. The number of nitrogen functional groups attached to an aromatic ring is 2. The summed E-state index contributed by atoms with van der Waals surface area (Å²) < 4.78 is 39.2. The first-order valence-corrected chi connectivity index (χ1v) is 15.0. The van der Waals surface area contributed by atoms with Crippen LogP contribution in [0.1, 0.15) is 25.8 Å². The number of H-pyrrole nitrogens is 1. The Balaban J connectivity index is 1.30. The molecule has 0 aliphatic carbocycles. The molecule has 0 bridgehead atoms. The van der Waals surface area contributed by atoms with Gasteiger partial charge in [-0.25, -0.2) is 19.3 Å². The number of hydrogen-bond acceptors (Lipinski definition) is 16. The van der Waals surface area contributed by atoms with E-state index in [9.17, 15) is 24.3 Å². The number of halogens is 1. The quantitative estimate of drug-likeness (QED) is 0.0986. The molecule has 19 nitrogen and oxygen atoms in total. The van der Waals surface area contributed by atoms with Gasteiger partial charge in [-0.05, 0) is 18.7 Å². The van der Waals surface area contributed by atoms with Crippen molar-refractivity contribution in [2.75, 3.05) is 31.4 Å². The summed E-state index contributed by atoms with van der Waals surface area (Å²) >= 11 is 5.20. The number of rotatable bonds is 12. The van der Waals surface area contributed by atoms with Crippen LogP contribution in [-0.2, 0) is 30.3 Å². The maximum absolute atomic E-state index is 14.1. The number of hydrogen-bond donors (Lipinski definition) is 6. The van der Waals surface area contributed by atoms with Gasteiger partial charge in [0.1, 0.15) is 25.2 Å². The highest BCUT2D eigenvalue weighted by Crippen LogP contribution is 2.49. The fourth-order valence-corrected chi connectivity index (χ4v) is 5.74. The molecule has 5 rings (SSSR count). The first-order chi connectivity index (χ1) is 20.0. The molecule has 1 saturated heterocycles. The Kier molecular flexibility index (Phi) is 8.73. The summed E-state index contributed by atoms with van der Waals surface area (Å²) in [4.78, 5) is 41.4. The maximum Gasteiger partial charge on any atom is 0.325 e. The van der Waals surface area contributed by atoms with Crippen molar-refractivity contribution in [3.63, 3.8) is 0 Å². The highest BCUT2D eigenvalue weighted by molar-refractivity contribution is 8.07. The first-order valence-electron chi connectivity index (χ1n) is 12.4. The van der Waals surface area contributed by atoms with Gasteiger partial charge in [0.25, 0.3) is 5.56 Å². The normalized spacial score (nSPS) is 22.8. The Labute approximate surface area is 239 Å². The number of anilines is 2. The third-order valence-electron chi connectivity index (χ3n) is 6.31. The lowest BCUT2D eigenvalue weighted by atomic mass is 10.2. The van der Waals surface area contributed by atoms with E-state index in [4.69, 9.17) is 41.8 Å². The van der Waals surface area contributed by atoms with Gasteiger partial charge in [0.2, 0.25) is 5.95 Å². The topological polar surface area (TPSA) is 270 Å². The number of imidazole rings is 1. The lowest BCUT2D eigenvalue weighted by Crippen LogP contribution is -2.35. The zero-order chi connectivity index (χ0) is 30.2. The minimum atomic E-state index is -4.08. The van der Waals surface area contributed by atoms with Crippen LogP contribution in [0.3, 0.4) is 0 Å². The predicted octanol–water partition coefficient (Wildman–Crippen LogP) is -1.35. The molecule has 42 heavy (non-hydrogen) atoms. The van der Waals surface area contributed by atoms with Crippen LogP contribution in [0.5, 0.6) is 0 Å². The van der Waals surface area contributed by atoms with E-state index in [2.05, 4.69) is 35.2 Å². The average Bonchev–Trinajstić information content (AvgIpc) is 3.66. The lowest BCUT2D eigenvalue weighted by Gasteiger charge is -2.28. The number of ether oxygens (including phenoxy) is 2. The number of aromatic amines is 1. The fourth-order valence-electron chi connectivity index (χ4n) is 4.30. The Morgan fingerprint density at radius 3 is 2.81 bits per heavy atom. The van der Waals surface area contributed by atoms with Gasteiger partial charge in [0.15, 0.2) is 40.6 Å². The van der Waals surface area contributed by atoms with Gasteiger partial charge in [-0.15, -0.1) is 5.10 Å². The molecule has 4 aromatic heterocycles. The zero-order valence-corrected chi connectivity index (χ0v) is 23.5. The number of aromatic nitrogens is 9. The van der Waals surface area contributed by atoms with Crippen LogP contribution in [0.2, 0.25) is 0 Å². The SMILES string of the molecule is C[C@@H](O)[C@@H](COP(O)(=S)O[C@H]1C[C@@H](CO)O[C@H]1n1cnc2c(=O)[nH]c(N)nc21)O[C@H](CF)n1nnc2c(N)ncnc21. The van der Waals surface area contributed by atoms with Crippen LogP contribution in [-0.4, -0.2) is 104 Å². The van der Waals surface area contributed by atoms with Gasteiger partial charge in [-0.2, -0.15) is 9.67 Å². The lowest BCUT2D eigenvalue weighted by molar-refractivity contribution is -0.126. The van der Waals surface area contributed by atoms with Gasteiger partial charge >= 0.3 is 6.72 Å². The molecule has 0 radical (unpaired) electrons. The highest BCUT2D eigenvalue weighted by Gasteiger charge is 2.41. The molecular weight excluding hydrogens is 604 g/mol. The zero-order valence-electron chi connectivity index (χ0n) is 21.8. The van der Waals surface area contributed by atoms with Crippen LogP contribution in [0.4, 0.5) is 16.2 Å². The summed E-state index contributed by atoms with van der Waals surface area (Å²) in [6.45, 7) is -4.72. The average molecular weight is 632 g/mol. The van der Waals surface area contributed by atoms with Crippen molar-refractivity contribution in [2.24, 2.45) is 0 Å². The van der Waals surface area contributed by atoms with E-state index >= 15 is 0 Å². The molecular formula is C20H27FN11O8PS. The minimum absolute atomic E-state index is 0.0210. The van der Waals surface area contributed by atoms with E-state index in [1.165, 1.54) is 17.8 Å². The molecule has 0 spiro atoms. The number of aliphatic hydroxyl groups excluding tert-OH is 2. The Hall–Kier alpha value is -3.27. The fraction of sp³-hybridized carbons (Fsp3) is 0.550. The molecule has 0 amide bonds. The van der Waals surface area contributed by atoms with Crippen molar-refractivity contribution in [3.8, 4) is 0 Å². The van der Waals surface area contributed by atoms with Crippen LogP contribution < -0.4 is 17.0 Å². The highest BCUT2D eigenvalue weighted by atomic mass is 32.5. The van der Waals surface area contributed by atoms with Crippen molar-refractivity contribution in [2.45, 2.75) is 50.2 Å². The van der Waals surface area contributed by atoms with Crippen LogP contribution in [0.15, 0.2) is 17.4 Å². The van der Waals surface area contributed by atoms with Crippen molar-refractivity contribution in [3.05, 3.63) is 23.0 Å². The molecule has 1 aliphatic rings. The van der Waals surface area contributed by atoms with E-state index < -0.39 is 62.4 Å². The number of fused-ring (bicyclic) bond motifs is 2. The number of nitrogens with one attached hydrogen (secondary N) is 1. The van der Waals surface area contributed by atoms with E-state index in [0.717, 1.165) is 11.0 Å². The minimum Gasteiger partial charge on any atom is -0.394 e. The van der Waals surface area contributed by atoms with E-state index in [0.29, 0.717) is 0 Å². The summed E-state index contributed by atoms with van der Waals surface area (Å²) in [5.41, 5.74) is 11.1. The van der Waals surface area contributed by atoms with Gasteiger partial charge in [-0.1, -0.05) is 5.21 Å². The Morgan fingerprint density at radius 1 is 1.31 bits per heavy atom. The Morgan fingerprint density at radius 2 is 2.10 bits per heavy atom. The third kappa shape index (κ3) is 6.09. The summed E-state index contributed by atoms with van der Waals surface area (Å²) in [5.74, 6) is -0.130. The standard InChI is InChI=1S/C20H27FN11O8PS/c1-8(34)11(39-12(3-21)32-16-13(29-30-32)15(22)24-6-25-16)5-37-41(36,42)40-10-2-9(4-33)38-19(10)31-7-26-14-17(31)27-20(23)28-18(14)35/h6-12,19,33-34H,2-5H2,1H3,(H,36,42)(H2,22,24,25)(H3,23,27,28,35)/t8-,9+,10+,11-,12-,19-,41?/m1/s1. The first kappa shape index (κ1) is 30.2. The second kappa shape index (κ2) is 12.1. The van der Waals surface area contributed by atoms with Crippen molar-refractivity contribution >= 4 is 52.6 Å². The molecule has 1 fully saturated rings. The van der Waals surface area contributed by atoms with Crippen molar-refractivity contribution < 1.29 is 38.0 Å². The van der Waals surface area contributed by atoms with E-state index in [-0.39, 0.29) is 47.1 Å². The van der Waals surface area contributed by atoms with Crippen molar-refractivity contribution in [1.82, 2.24) is 44.5 Å². The Bertz CT molecular complexity index is 1670. The monoisotopic (exact) mass is 631 g/mol. The molecule has 0 aromatic carbocycles. The van der Waals surface area contributed by atoms with Crippen molar-refractivity contribution in [1.29, 1.82) is 0 Å². The molecule has 22 heteroatoms. The molecule has 8 N–H and O–H groups in total. The second-order valence-electron chi connectivity index (χ2n) is 9.24. The van der Waals surface area contributed by atoms with Gasteiger partial charge in [-0.3, -0.25) is 14.3 Å².